The average molecular weight is 310 g/mol. The Bertz CT molecular complexity index is 736. The lowest BCUT2D eigenvalue weighted by Crippen LogP contribution is -2.38. The van der Waals surface area contributed by atoms with Crippen LogP contribution in [0.3, 0.4) is 0 Å². The van der Waals surface area contributed by atoms with Crippen LogP contribution in [0.5, 0.6) is 0 Å². The van der Waals surface area contributed by atoms with Crippen LogP contribution < -0.4 is 10.9 Å². The smallest absolute Gasteiger partial charge is 0.261 e. The first-order valence-corrected chi connectivity index (χ1v) is 9.03. The van der Waals surface area contributed by atoms with Crippen molar-refractivity contribution in [2.45, 2.75) is 38.1 Å². The van der Waals surface area contributed by atoms with Gasteiger partial charge in [0.05, 0.1) is 11.5 Å². The van der Waals surface area contributed by atoms with E-state index >= 15 is 0 Å². The van der Waals surface area contributed by atoms with E-state index in [2.05, 4.69) is 10.3 Å². The van der Waals surface area contributed by atoms with Gasteiger partial charge in [0, 0.05) is 11.7 Å². The molecule has 1 aliphatic carbocycles. The van der Waals surface area contributed by atoms with Crippen LogP contribution in [0.15, 0.2) is 10.9 Å². The van der Waals surface area contributed by atoms with Crippen molar-refractivity contribution in [3.05, 3.63) is 33.2 Å². The molecule has 114 valence electrons. The number of pyridine rings is 1. The Morgan fingerprint density at radius 2 is 2.05 bits per heavy atom. The second-order valence-corrected chi connectivity index (χ2v) is 8.03. The highest BCUT2D eigenvalue weighted by Gasteiger charge is 2.29. The molecule has 1 unspecified atom stereocenters. The number of amides is 1. The van der Waals surface area contributed by atoms with E-state index in [0.29, 0.717) is 6.42 Å². The molecule has 6 nitrogen and oxygen atoms in total. The van der Waals surface area contributed by atoms with Crippen molar-refractivity contribution in [1.29, 1.82) is 0 Å². The Morgan fingerprint density at radius 1 is 1.29 bits per heavy atom. The molecule has 1 aliphatic heterocycles. The van der Waals surface area contributed by atoms with Gasteiger partial charge in [-0.25, -0.2) is 8.42 Å². The lowest BCUT2D eigenvalue weighted by molar-refractivity contribution is 0.0939. The van der Waals surface area contributed by atoms with E-state index in [-0.39, 0.29) is 17.1 Å². The van der Waals surface area contributed by atoms with Gasteiger partial charge >= 0.3 is 0 Å². The van der Waals surface area contributed by atoms with E-state index in [9.17, 15) is 18.0 Å². The zero-order valence-electron chi connectivity index (χ0n) is 11.6. The summed E-state index contributed by atoms with van der Waals surface area (Å²) in [5.41, 5.74) is 1.63. The third kappa shape index (κ3) is 3.02. The number of sulfone groups is 1. The monoisotopic (exact) mass is 310 g/mol. The van der Waals surface area contributed by atoms with Gasteiger partial charge in [0.1, 0.15) is 5.56 Å². The van der Waals surface area contributed by atoms with E-state index in [1.165, 1.54) is 0 Å². The van der Waals surface area contributed by atoms with Crippen molar-refractivity contribution in [2.75, 3.05) is 11.5 Å². The second-order valence-electron chi connectivity index (χ2n) is 5.80. The molecule has 1 aromatic rings. The van der Waals surface area contributed by atoms with Gasteiger partial charge in [0.15, 0.2) is 9.84 Å². The summed E-state index contributed by atoms with van der Waals surface area (Å²) < 4.78 is 22.8. The largest absolute Gasteiger partial charge is 0.348 e. The molecule has 2 aliphatic rings. The molecular formula is C14H18N2O4S. The first kappa shape index (κ1) is 14.3. The number of carbonyl (C=O) groups is 1. The normalized spacial score (nSPS) is 23.5. The van der Waals surface area contributed by atoms with E-state index < -0.39 is 27.3 Å². The summed E-state index contributed by atoms with van der Waals surface area (Å²) in [5.74, 6) is -0.424. The highest BCUT2D eigenvalue weighted by molar-refractivity contribution is 7.91. The summed E-state index contributed by atoms with van der Waals surface area (Å²) in [7, 11) is -3.05. The van der Waals surface area contributed by atoms with Crippen molar-refractivity contribution < 1.29 is 13.2 Å². The number of aryl methyl sites for hydroxylation is 2. The fourth-order valence-electron chi connectivity index (χ4n) is 3.02. The summed E-state index contributed by atoms with van der Waals surface area (Å²) in [5, 5.41) is 2.66. The molecule has 21 heavy (non-hydrogen) atoms. The van der Waals surface area contributed by atoms with E-state index in [0.717, 1.165) is 36.9 Å². The summed E-state index contributed by atoms with van der Waals surface area (Å²) in [6, 6.07) is 1.27. The molecule has 3 rings (SSSR count). The Labute approximate surface area is 122 Å². The number of H-pyrrole nitrogens is 1. The van der Waals surface area contributed by atoms with Crippen LogP contribution in [0.4, 0.5) is 0 Å². The minimum Gasteiger partial charge on any atom is -0.348 e. The molecule has 0 bridgehead atoms. The highest BCUT2D eigenvalue weighted by Crippen LogP contribution is 2.19. The van der Waals surface area contributed by atoms with Gasteiger partial charge < -0.3 is 10.3 Å². The quantitative estimate of drug-likeness (QED) is 0.814. The molecule has 1 fully saturated rings. The Hall–Kier alpha value is -1.63. The van der Waals surface area contributed by atoms with Crippen molar-refractivity contribution in [2.24, 2.45) is 0 Å². The van der Waals surface area contributed by atoms with E-state index in [1.807, 2.05) is 0 Å². The molecule has 0 saturated carbocycles. The first-order chi connectivity index (χ1) is 9.94. The second kappa shape index (κ2) is 5.29. The molecule has 7 heteroatoms. The fourth-order valence-corrected chi connectivity index (χ4v) is 4.69. The fraction of sp³-hybridized carbons (Fsp3) is 0.571. The number of aromatic nitrogens is 1. The van der Waals surface area contributed by atoms with Crippen LogP contribution in [-0.4, -0.2) is 36.9 Å². The topological polar surface area (TPSA) is 96.1 Å². The van der Waals surface area contributed by atoms with Crippen LogP contribution in [0.2, 0.25) is 0 Å². The van der Waals surface area contributed by atoms with Gasteiger partial charge in [-0.3, -0.25) is 9.59 Å². The van der Waals surface area contributed by atoms with Gasteiger partial charge in [-0.2, -0.15) is 0 Å². The van der Waals surface area contributed by atoms with Crippen LogP contribution in [0.25, 0.3) is 0 Å². The Kier molecular flexibility index (Phi) is 3.61. The van der Waals surface area contributed by atoms with E-state index in [4.69, 9.17) is 0 Å². The van der Waals surface area contributed by atoms with Crippen LogP contribution in [0.1, 0.15) is 40.9 Å². The third-order valence-electron chi connectivity index (χ3n) is 4.15. The first-order valence-electron chi connectivity index (χ1n) is 7.21. The standard InChI is InChI=1S/C14H18N2O4S/c17-13(15-10-5-6-21(19,20)8-10)11-7-9-3-1-2-4-12(9)16-14(11)18/h7,10H,1-6,8H2,(H,15,17)(H,16,18). The number of fused-ring (bicyclic) bond motifs is 1. The highest BCUT2D eigenvalue weighted by atomic mass is 32.2. The zero-order valence-corrected chi connectivity index (χ0v) is 12.5. The predicted molar refractivity (Wildman–Crippen MR) is 78.2 cm³/mol. The van der Waals surface area contributed by atoms with E-state index in [1.54, 1.807) is 6.07 Å². The van der Waals surface area contributed by atoms with Crippen molar-refractivity contribution in [3.63, 3.8) is 0 Å². The maximum atomic E-state index is 12.2. The number of nitrogens with one attached hydrogen (secondary N) is 2. The van der Waals surface area contributed by atoms with Crippen molar-refractivity contribution in [1.82, 2.24) is 10.3 Å². The van der Waals surface area contributed by atoms with Gasteiger partial charge in [-0.05, 0) is 43.7 Å². The lowest BCUT2D eigenvalue weighted by atomic mass is 9.95. The molecule has 1 saturated heterocycles. The van der Waals surface area contributed by atoms with Crippen molar-refractivity contribution >= 4 is 15.7 Å². The summed E-state index contributed by atoms with van der Waals surface area (Å²) in [6.07, 6.45) is 4.23. The molecule has 1 amide bonds. The maximum absolute atomic E-state index is 12.2. The van der Waals surface area contributed by atoms with Gasteiger partial charge in [0.25, 0.3) is 11.5 Å². The molecule has 0 spiro atoms. The van der Waals surface area contributed by atoms with Crippen molar-refractivity contribution in [3.8, 4) is 0 Å². The SMILES string of the molecule is O=C(NC1CCS(=O)(=O)C1)c1cc2c([nH]c1=O)CCCC2. The van der Waals surface area contributed by atoms with Crippen LogP contribution in [-0.2, 0) is 22.7 Å². The summed E-state index contributed by atoms with van der Waals surface area (Å²) in [6.45, 7) is 0. The molecule has 1 atom stereocenters. The lowest BCUT2D eigenvalue weighted by Gasteiger charge is -2.16. The van der Waals surface area contributed by atoms with Crippen LogP contribution >= 0.6 is 0 Å². The predicted octanol–water partition coefficient (Wildman–Crippen LogP) is 0.171. The van der Waals surface area contributed by atoms with Crippen LogP contribution in [0, 0.1) is 0 Å². The maximum Gasteiger partial charge on any atom is 0.261 e. The summed E-state index contributed by atoms with van der Waals surface area (Å²) in [4.78, 5) is 27.0. The zero-order chi connectivity index (χ0) is 15.0. The minimum atomic E-state index is -3.05. The molecule has 2 heterocycles. The number of aromatic amines is 1. The Morgan fingerprint density at radius 3 is 2.76 bits per heavy atom. The third-order valence-corrected chi connectivity index (χ3v) is 5.92. The number of carbonyl (C=O) groups excluding carboxylic acids is 1. The molecule has 2 N–H and O–H groups in total. The molecular weight excluding hydrogens is 292 g/mol. The number of rotatable bonds is 2. The van der Waals surface area contributed by atoms with Gasteiger partial charge in [-0.1, -0.05) is 0 Å². The average Bonchev–Trinajstić information content (AvgIpc) is 2.77. The molecule has 1 aromatic heterocycles. The molecule has 0 radical (unpaired) electrons. The minimum absolute atomic E-state index is 0.0401. The number of hydrogen-bond acceptors (Lipinski definition) is 4. The summed E-state index contributed by atoms with van der Waals surface area (Å²) >= 11 is 0. The molecule has 0 aromatic carbocycles. The van der Waals surface area contributed by atoms with Gasteiger partial charge in [0.2, 0.25) is 0 Å². The van der Waals surface area contributed by atoms with Gasteiger partial charge in [-0.15, -0.1) is 0 Å². The number of hydrogen-bond donors (Lipinski definition) is 2. The Balaban J connectivity index is 1.80.